The van der Waals surface area contributed by atoms with Crippen LogP contribution in [0.15, 0.2) is 108 Å². The van der Waals surface area contributed by atoms with E-state index in [9.17, 15) is 21.6 Å². The summed E-state index contributed by atoms with van der Waals surface area (Å²) in [5, 5.41) is 0.376. The van der Waals surface area contributed by atoms with Gasteiger partial charge in [0.25, 0.3) is 0 Å². The molecule has 0 saturated carbocycles. The number of halogens is 3. The molecule has 0 spiro atoms. The van der Waals surface area contributed by atoms with Gasteiger partial charge >= 0.3 is 6.18 Å². The number of pyridine rings is 1. The molecule has 0 fully saturated rings. The smallest absolute Gasteiger partial charge is 0.418 e. The highest BCUT2D eigenvalue weighted by Crippen LogP contribution is 2.40. The first-order valence-corrected chi connectivity index (χ1v) is 14.4. The van der Waals surface area contributed by atoms with Crippen molar-refractivity contribution in [2.45, 2.75) is 24.4 Å². The largest absolute Gasteiger partial charge is 0.457 e. The van der Waals surface area contributed by atoms with Crippen molar-refractivity contribution >= 4 is 20.9 Å². The van der Waals surface area contributed by atoms with Crippen LogP contribution in [0, 0.1) is 0 Å². The maximum Gasteiger partial charge on any atom is 0.418 e. The molecular weight excluding hydrogens is 549 g/mol. The van der Waals surface area contributed by atoms with Crippen molar-refractivity contribution in [3.8, 4) is 22.6 Å². The van der Waals surface area contributed by atoms with Gasteiger partial charge in [-0.3, -0.25) is 4.98 Å². The lowest BCUT2D eigenvalue weighted by Gasteiger charge is -2.17. The summed E-state index contributed by atoms with van der Waals surface area (Å²) in [4.78, 5) is 4.36. The van der Waals surface area contributed by atoms with E-state index in [1.54, 1.807) is 43.3 Å². The van der Waals surface area contributed by atoms with Gasteiger partial charge in [-0.2, -0.15) is 13.2 Å². The fraction of sp³-hybridized carbons (Fsp3) is 0.156. The van der Waals surface area contributed by atoms with E-state index in [2.05, 4.69) is 4.98 Å². The zero-order valence-corrected chi connectivity index (χ0v) is 23.2. The number of aromatic nitrogens is 1. The Balaban J connectivity index is 1.61. The molecule has 0 atom stereocenters. The van der Waals surface area contributed by atoms with Crippen LogP contribution in [-0.4, -0.2) is 31.3 Å². The van der Waals surface area contributed by atoms with Crippen LogP contribution in [0.2, 0.25) is 0 Å². The first kappa shape index (κ1) is 28.3. The summed E-state index contributed by atoms with van der Waals surface area (Å²) in [5.41, 5.74) is 2.09. The molecule has 1 aromatic heterocycles. The minimum atomic E-state index is -4.56. The van der Waals surface area contributed by atoms with Crippen molar-refractivity contribution in [2.24, 2.45) is 0 Å². The summed E-state index contributed by atoms with van der Waals surface area (Å²) < 4.78 is 74.6. The summed E-state index contributed by atoms with van der Waals surface area (Å²) >= 11 is 0. The Morgan fingerprint density at radius 2 is 1.54 bits per heavy atom. The Kier molecular flexibility index (Phi) is 7.84. The van der Waals surface area contributed by atoms with Gasteiger partial charge in [-0.15, -0.1) is 0 Å². The number of sulfonamides is 1. The van der Waals surface area contributed by atoms with Crippen molar-refractivity contribution in [2.75, 3.05) is 13.6 Å². The van der Waals surface area contributed by atoms with Gasteiger partial charge in [0.2, 0.25) is 10.0 Å². The van der Waals surface area contributed by atoms with E-state index in [-0.39, 0.29) is 10.4 Å². The molecule has 0 aliphatic carbocycles. The summed E-state index contributed by atoms with van der Waals surface area (Å²) in [6.07, 6.45) is -2.59. The first-order chi connectivity index (χ1) is 19.6. The molecule has 0 amide bonds. The summed E-state index contributed by atoms with van der Waals surface area (Å²) in [6.45, 7) is 2.06. The standard InChI is InChI=1S/C32H27F3N2O3S/c1-3-37(2)41(38,39)27-15-8-14-26(20-27)40-25-13-7-12-23(19-25)30-24(18-22-10-5-4-6-11-22)21-36-31-28(30)16-9-17-29(31)32(33,34)35/h4-17,19-21H,3,18H2,1-2H3. The third-order valence-corrected chi connectivity index (χ3v) is 8.76. The maximum atomic E-state index is 13.9. The van der Waals surface area contributed by atoms with Gasteiger partial charge in [0.15, 0.2) is 0 Å². The molecule has 0 unspecified atom stereocenters. The summed E-state index contributed by atoms with van der Waals surface area (Å²) in [5.74, 6) is 0.722. The number of rotatable bonds is 8. The highest BCUT2D eigenvalue weighted by molar-refractivity contribution is 7.89. The Morgan fingerprint density at radius 1 is 0.854 bits per heavy atom. The monoisotopic (exact) mass is 576 g/mol. The summed E-state index contributed by atoms with van der Waals surface area (Å²) in [6, 6.07) is 26.9. The van der Waals surface area contributed by atoms with Crippen molar-refractivity contribution in [3.63, 3.8) is 0 Å². The van der Waals surface area contributed by atoms with Crippen molar-refractivity contribution in [1.82, 2.24) is 9.29 Å². The molecule has 5 aromatic rings. The normalized spacial score (nSPS) is 12.1. The van der Waals surface area contributed by atoms with E-state index >= 15 is 0 Å². The average molecular weight is 577 g/mol. The molecule has 0 N–H and O–H groups in total. The highest BCUT2D eigenvalue weighted by atomic mass is 32.2. The lowest BCUT2D eigenvalue weighted by molar-refractivity contribution is -0.136. The summed E-state index contributed by atoms with van der Waals surface area (Å²) in [7, 11) is -2.17. The molecule has 0 bridgehead atoms. The van der Waals surface area contributed by atoms with Gasteiger partial charge in [-0.05, 0) is 59.0 Å². The molecule has 0 radical (unpaired) electrons. The number of alkyl halides is 3. The van der Waals surface area contributed by atoms with Crippen LogP contribution < -0.4 is 4.74 Å². The van der Waals surface area contributed by atoms with Gasteiger partial charge in [-0.25, -0.2) is 12.7 Å². The molecule has 5 rings (SSSR count). The van der Waals surface area contributed by atoms with Crippen LogP contribution in [0.4, 0.5) is 13.2 Å². The average Bonchev–Trinajstić information content (AvgIpc) is 2.96. The number of benzene rings is 4. The van der Waals surface area contributed by atoms with Crippen LogP contribution in [0.1, 0.15) is 23.6 Å². The third kappa shape index (κ3) is 5.96. The molecule has 4 aromatic carbocycles. The molecule has 41 heavy (non-hydrogen) atoms. The molecular formula is C32H27F3N2O3S. The van der Waals surface area contributed by atoms with Crippen LogP contribution in [0.3, 0.4) is 0 Å². The Morgan fingerprint density at radius 3 is 2.24 bits per heavy atom. The quantitative estimate of drug-likeness (QED) is 0.188. The molecule has 0 saturated heterocycles. The third-order valence-electron chi connectivity index (χ3n) is 6.84. The zero-order chi connectivity index (χ0) is 29.2. The van der Waals surface area contributed by atoms with Crippen LogP contribution in [0.5, 0.6) is 11.5 Å². The van der Waals surface area contributed by atoms with E-state index in [0.717, 1.165) is 17.2 Å². The maximum absolute atomic E-state index is 13.9. The molecule has 9 heteroatoms. The minimum absolute atomic E-state index is 0.0976. The van der Waals surface area contributed by atoms with Crippen LogP contribution in [0.25, 0.3) is 22.0 Å². The van der Waals surface area contributed by atoms with Gasteiger partial charge in [0, 0.05) is 31.2 Å². The molecule has 0 aliphatic rings. The predicted octanol–water partition coefficient (Wildman–Crippen LogP) is 7.94. The second kappa shape index (κ2) is 11.3. The molecule has 5 nitrogen and oxygen atoms in total. The lowest BCUT2D eigenvalue weighted by Crippen LogP contribution is -2.26. The fourth-order valence-electron chi connectivity index (χ4n) is 4.68. The fourth-order valence-corrected chi connectivity index (χ4v) is 5.90. The van der Waals surface area contributed by atoms with Crippen molar-refractivity contribution < 1.29 is 26.3 Å². The van der Waals surface area contributed by atoms with Gasteiger partial charge in [0.05, 0.1) is 16.0 Å². The van der Waals surface area contributed by atoms with Gasteiger partial charge in [-0.1, -0.05) is 67.6 Å². The minimum Gasteiger partial charge on any atom is -0.457 e. The van der Waals surface area contributed by atoms with Gasteiger partial charge in [0.1, 0.15) is 11.5 Å². The first-order valence-electron chi connectivity index (χ1n) is 12.9. The molecule has 0 aliphatic heterocycles. The van der Waals surface area contributed by atoms with Crippen molar-refractivity contribution in [1.29, 1.82) is 0 Å². The SMILES string of the molecule is CCN(C)S(=O)(=O)c1cccc(Oc2cccc(-c3c(Cc4ccccc4)cnc4c(C(F)(F)F)cccc34)c2)c1. The zero-order valence-electron chi connectivity index (χ0n) is 22.4. The number of hydrogen-bond acceptors (Lipinski definition) is 4. The van der Waals surface area contributed by atoms with E-state index in [4.69, 9.17) is 4.74 Å². The predicted molar refractivity (Wildman–Crippen MR) is 153 cm³/mol. The number of para-hydroxylation sites is 1. The molecule has 1 heterocycles. The van der Waals surface area contributed by atoms with Crippen LogP contribution >= 0.6 is 0 Å². The topological polar surface area (TPSA) is 59.5 Å². The molecule has 210 valence electrons. The van der Waals surface area contributed by atoms with E-state index in [1.165, 1.54) is 35.7 Å². The van der Waals surface area contributed by atoms with Crippen LogP contribution in [-0.2, 0) is 22.6 Å². The van der Waals surface area contributed by atoms with E-state index in [1.807, 2.05) is 36.4 Å². The Bertz CT molecular complexity index is 1810. The number of hydrogen-bond donors (Lipinski definition) is 0. The van der Waals surface area contributed by atoms with Crippen molar-refractivity contribution in [3.05, 3.63) is 120 Å². The highest BCUT2D eigenvalue weighted by Gasteiger charge is 2.33. The van der Waals surface area contributed by atoms with E-state index in [0.29, 0.717) is 41.0 Å². The Labute approximate surface area is 236 Å². The van der Waals surface area contributed by atoms with Gasteiger partial charge < -0.3 is 4.74 Å². The number of ether oxygens (including phenoxy) is 1. The number of fused-ring (bicyclic) bond motifs is 1. The Hall–Kier alpha value is -4.21. The second-order valence-corrected chi connectivity index (χ2v) is 11.6. The number of nitrogens with zero attached hydrogens (tertiary/aromatic N) is 2. The lowest BCUT2D eigenvalue weighted by atomic mass is 9.92. The van der Waals surface area contributed by atoms with E-state index < -0.39 is 21.8 Å². The second-order valence-electron chi connectivity index (χ2n) is 9.54.